The fourth-order valence-corrected chi connectivity index (χ4v) is 1.77. The van der Waals surface area contributed by atoms with Gasteiger partial charge in [-0.15, -0.1) is 0 Å². The quantitative estimate of drug-likeness (QED) is 0.371. The van der Waals surface area contributed by atoms with E-state index in [0.717, 1.165) is 0 Å². The molecule has 0 radical (unpaired) electrons. The summed E-state index contributed by atoms with van der Waals surface area (Å²) in [6.45, 7) is 0. The van der Waals surface area contributed by atoms with Crippen LogP contribution in [0.3, 0.4) is 0 Å². The number of hydrogen-bond acceptors (Lipinski definition) is 1. The fourth-order valence-electron chi connectivity index (χ4n) is 0.895. The molecule has 2 aliphatic rings. The molecule has 1 aliphatic heterocycles. The molecule has 0 amide bonds. The second kappa shape index (κ2) is 2.72. The molecule has 1 aliphatic carbocycles. The van der Waals surface area contributed by atoms with Gasteiger partial charge in [0.2, 0.25) is 10.1 Å². The number of allylic oxidation sites excluding steroid dienone is 2. The average Bonchev–Trinajstić information content (AvgIpc) is 2.38. The largest absolute Gasteiger partial charge is 0.320 e. The standard InChI is InChI=1S/C6H3Cl3O.Zn/c7-4-2-1-3-5(8)6(4,9)10-5;/h1-3H;. The Hall–Kier alpha value is 0.933. The minimum atomic E-state index is -0.981. The zero-order valence-electron chi connectivity index (χ0n) is 5.48. The van der Waals surface area contributed by atoms with Crippen molar-refractivity contribution >= 4 is 34.8 Å². The Bertz CT molecular complexity index is 252. The van der Waals surface area contributed by atoms with Gasteiger partial charge in [0, 0.05) is 19.5 Å². The van der Waals surface area contributed by atoms with Crippen molar-refractivity contribution in [1.29, 1.82) is 0 Å². The van der Waals surface area contributed by atoms with E-state index in [1.54, 1.807) is 18.2 Å². The van der Waals surface area contributed by atoms with Crippen molar-refractivity contribution < 1.29 is 24.2 Å². The first-order valence-electron chi connectivity index (χ1n) is 2.72. The van der Waals surface area contributed by atoms with Crippen LogP contribution in [0.15, 0.2) is 23.3 Å². The average molecular weight is 263 g/mol. The maximum absolute atomic E-state index is 5.83. The van der Waals surface area contributed by atoms with Crippen LogP contribution in [0.25, 0.3) is 0 Å². The minimum Gasteiger partial charge on any atom is -0.320 e. The second-order valence-corrected chi connectivity index (χ2v) is 3.72. The molecule has 0 aromatic rings. The summed E-state index contributed by atoms with van der Waals surface area (Å²) in [4.78, 5) is 0. The van der Waals surface area contributed by atoms with Crippen LogP contribution in [-0.2, 0) is 24.2 Å². The van der Waals surface area contributed by atoms with Crippen molar-refractivity contribution in [3.63, 3.8) is 0 Å². The molecule has 1 saturated heterocycles. The van der Waals surface area contributed by atoms with E-state index < -0.39 is 10.1 Å². The number of hydrogen-bond donors (Lipinski definition) is 0. The summed E-state index contributed by atoms with van der Waals surface area (Å²) in [7, 11) is 0. The van der Waals surface area contributed by atoms with Gasteiger partial charge < -0.3 is 4.74 Å². The Morgan fingerprint density at radius 3 is 2.45 bits per heavy atom. The number of ether oxygens (including phenoxy) is 1. The number of rotatable bonds is 0. The van der Waals surface area contributed by atoms with Gasteiger partial charge in [0.15, 0.2) is 0 Å². The molecule has 1 fully saturated rings. The number of fused-ring (bicyclic) bond motifs is 1. The molecule has 0 bridgehead atoms. The monoisotopic (exact) mass is 260 g/mol. The Morgan fingerprint density at radius 1 is 1.36 bits per heavy atom. The summed E-state index contributed by atoms with van der Waals surface area (Å²) >= 11 is 17.4. The van der Waals surface area contributed by atoms with Crippen LogP contribution in [0.1, 0.15) is 0 Å². The number of epoxide rings is 1. The molecule has 0 saturated carbocycles. The van der Waals surface area contributed by atoms with Crippen molar-refractivity contribution in [2.75, 3.05) is 0 Å². The van der Waals surface area contributed by atoms with E-state index in [0.29, 0.717) is 5.03 Å². The van der Waals surface area contributed by atoms with Gasteiger partial charge >= 0.3 is 0 Å². The maximum Gasteiger partial charge on any atom is 0.226 e. The predicted molar refractivity (Wildman–Crippen MR) is 41.3 cm³/mol. The van der Waals surface area contributed by atoms with Crippen LogP contribution in [0.2, 0.25) is 0 Å². The summed E-state index contributed by atoms with van der Waals surface area (Å²) in [6.07, 6.45) is 5.07. The van der Waals surface area contributed by atoms with Crippen molar-refractivity contribution in [2.45, 2.75) is 10.1 Å². The molecule has 0 N–H and O–H groups in total. The molecule has 0 aromatic heterocycles. The van der Waals surface area contributed by atoms with E-state index in [4.69, 9.17) is 39.5 Å². The van der Waals surface area contributed by atoms with Gasteiger partial charge in [-0.1, -0.05) is 40.9 Å². The molecular formula is C6H3Cl3OZn. The smallest absolute Gasteiger partial charge is 0.226 e. The number of alkyl halides is 2. The van der Waals surface area contributed by atoms with Gasteiger partial charge in [-0.05, 0) is 12.2 Å². The molecule has 5 heteroatoms. The molecule has 0 aromatic carbocycles. The molecule has 11 heavy (non-hydrogen) atoms. The molecule has 1 heterocycles. The van der Waals surface area contributed by atoms with E-state index in [9.17, 15) is 0 Å². The minimum absolute atomic E-state index is 0. The Labute approximate surface area is 92.1 Å². The van der Waals surface area contributed by atoms with Gasteiger partial charge in [-0.25, -0.2) is 0 Å². The van der Waals surface area contributed by atoms with Crippen LogP contribution < -0.4 is 0 Å². The van der Waals surface area contributed by atoms with Gasteiger partial charge in [0.05, 0.1) is 5.03 Å². The molecule has 56 valence electrons. The predicted octanol–water partition coefficient (Wildman–Crippen LogP) is 2.58. The zero-order valence-corrected chi connectivity index (χ0v) is 10.7. The molecular weight excluding hydrogens is 260 g/mol. The summed E-state index contributed by atoms with van der Waals surface area (Å²) in [5, 5.41) is -1.43. The normalized spacial score (nSPS) is 45.5. The van der Waals surface area contributed by atoms with E-state index >= 15 is 0 Å². The van der Waals surface area contributed by atoms with E-state index in [2.05, 4.69) is 0 Å². The SMILES string of the molecule is ClC1=CC=CC2(Cl)OC12Cl.[Zn]. The Balaban J connectivity index is 0.000000605. The zero-order chi connectivity index (χ0) is 7.41. The van der Waals surface area contributed by atoms with Crippen LogP contribution in [-0.4, -0.2) is 10.1 Å². The first kappa shape index (κ1) is 10.0. The van der Waals surface area contributed by atoms with E-state index in [1.165, 1.54) is 0 Å². The number of halogens is 3. The first-order valence-corrected chi connectivity index (χ1v) is 3.85. The van der Waals surface area contributed by atoms with Gasteiger partial charge in [0.25, 0.3) is 0 Å². The topological polar surface area (TPSA) is 12.5 Å². The van der Waals surface area contributed by atoms with Crippen LogP contribution in [0.4, 0.5) is 0 Å². The Morgan fingerprint density at radius 2 is 2.00 bits per heavy atom. The van der Waals surface area contributed by atoms with Crippen LogP contribution >= 0.6 is 34.8 Å². The third-order valence-corrected chi connectivity index (χ3v) is 3.16. The third-order valence-electron chi connectivity index (χ3n) is 1.55. The van der Waals surface area contributed by atoms with Crippen molar-refractivity contribution in [2.24, 2.45) is 0 Å². The second-order valence-electron chi connectivity index (χ2n) is 2.22. The van der Waals surface area contributed by atoms with Gasteiger partial charge in [-0.3, -0.25) is 0 Å². The summed E-state index contributed by atoms with van der Waals surface area (Å²) < 4.78 is 5.01. The third kappa shape index (κ3) is 1.20. The van der Waals surface area contributed by atoms with Crippen molar-refractivity contribution in [3.05, 3.63) is 23.3 Å². The maximum atomic E-state index is 5.83. The molecule has 0 spiro atoms. The van der Waals surface area contributed by atoms with Gasteiger partial charge in [0.1, 0.15) is 0 Å². The molecule has 2 rings (SSSR count). The summed E-state index contributed by atoms with van der Waals surface area (Å²) in [5.74, 6) is 0. The van der Waals surface area contributed by atoms with E-state index in [1.807, 2.05) is 0 Å². The molecule has 2 unspecified atom stereocenters. The van der Waals surface area contributed by atoms with Crippen LogP contribution in [0, 0.1) is 0 Å². The van der Waals surface area contributed by atoms with Gasteiger partial charge in [-0.2, -0.15) is 0 Å². The fraction of sp³-hybridized carbons (Fsp3) is 0.333. The Kier molecular flexibility index (Phi) is 2.47. The summed E-state index contributed by atoms with van der Waals surface area (Å²) in [5.41, 5.74) is 0. The molecule has 1 nitrogen and oxygen atoms in total. The van der Waals surface area contributed by atoms with Crippen molar-refractivity contribution in [1.82, 2.24) is 0 Å². The van der Waals surface area contributed by atoms with Crippen molar-refractivity contribution in [3.8, 4) is 0 Å². The molecule has 2 atom stereocenters. The summed E-state index contributed by atoms with van der Waals surface area (Å²) in [6, 6.07) is 0. The van der Waals surface area contributed by atoms with E-state index in [-0.39, 0.29) is 19.5 Å². The first-order chi connectivity index (χ1) is 4.58. The van der Waals surface area contributed by atoms with Crippen LogP contribution in [0.5, 0.6) is 0 Å².